The van der Waals surface area contributed by atoms with Gasteiger partial charge in [-0.05, 0) is 50.2 Å². The summed E-state index contributed by atoms with van der Waals surface area (Å²) in [6, 6.07) is 6.65. The van der Waals surface area contributed by atoms with Crippen molar-refractivity contribution in [3.05, 3.63) is 41.1 Å². The zero-order chi connectivity index (χ0) is 20.7. The van der Waals surface area contributed by atoms with Crippen LogP contribution in [0.5, 0.6) is 0 Å². The zero-order valence-corrected chi connectivity index (χ0v) is 17.6. The van der Waals surface area contributed by atoms with E-state index in [0.717, 1.165) is 24.1 Å². The number of benzene rings is 1. The lowest BCUT2D eigenvalue weighted by molar-refractivity contribution is -0.136. The number of carbonyl (C=O) groups excluding carboxylic acids is 2. The number of urea groups is 1. The molecule has 1 heterocycles. The van der Waals surface area contributed by atoms with Crippen molar-refractivity contribution in [3.63, 3.8) is 0 Å². The molecule has 0 bridgehead atoms. The van der Waals surface area contributed by atoms with E-state index in [2.05, 4.69) is 22.9 Å². The molecule has 0 radical (unpaired) electrons. The molecule has 28 heavy (non-hydrogen) atoms. The Morgan fingerprint density at radius 1 is 1.32 bits per heavy atom. The van der Waals surface area contributed by atoms with Gasteiger partial charge in [-0.15, -0.1) is 0 Å². The van der Waals surface area contributed by atoms with Crippen LogP contribution in [-0.4, -0.2) is 42.2 Å². The van der Waals surface area contributed by atoms with Gasteiger partial charge in [-0.3, -0.25) is 0 Å². The number of amides is 2. The predicted octanol–water partition coefficient (Wildman–Crippen LogP) is 3.31. The minimum Gasteiger partial charge on any atom is -0.466 e. The number of rotatable bonds is 7. The number of carbonyl (C=O) groups is 2. The Morgan fingerprint density at radius 2 is 2.07 bits per heavy atom. The van der Waals surface area contributed by atoms with E-state index in [4.69, 9.17) is 17.0 Å². The van der Waals surface area contributed by atoms with Crippen molar-refractivity contribution in [2.75, 3.05) is 25.5 Å². The third-order valence-electron chi connectivity index (χ3n) is 4.61. The first-order valence-electron chi connectivity index (χ1n) is 9.44. The summed E-state index contributed by atoms with van der Waals surface area (Å²) in [5, 5.41) is 9.42. The van der Waals surface area contributed by atoms with Crippen LogP contribution >= 0.6 is 12.2 Å². The Morgan fingerprint density at radius 3 is 2.71 bits per heavy atom. The SMILES string of the molecule is CCCCNC(=O)Nc1cccc(C2NC(=S)N(CC)C(C)=C2C(=O)OC)c1. The van der Waals surface area contributed by atoms with Crippen LogP contribution in [0.2, 0.25) is 0 Å². The molecule has 1 aliphatic heterocycles. The van der Waals surface area contributed by atoms with E-state index in [9.17, 15) is 9.59 Å². The van der Waals surface area contributed by atoms with E-state index in [1.165, 1.54) is 7.11 Å². The van der Waals surface area contributed by atoms with Gasteiger partial charge in [0, 0.05) is 24.5 Å². The molecule has 1 aromatic carbocycles. The fourth-order valence-corrected chi connectivity index (χ4v) is 3.52. The maximum atomic E-state index is 12.5. The quantitative estimate of drug-likeness (QED) is 0.367. The molecular weight excluding hydrogens is 376 g/mol. The minimum atomic E-state index is -0.451. The summed E-state index contributed by atoms with van der Waals surface area (Å²) in [4.78, 5) is 26.4. The molecule has 2 rings (SSSR count). The first-order chi connectivity index (χ1) is 13.4. The van der Waals surface area contributed by atoms with Gasteiger partial charge in [0.25, 0.3) is 0 Å². The maximum Gasteiger partial charge on any atom is 0.337 e. The number of anilines is 1. The number of hydrogen-bond donors (Lipinski definition) is 3. The number of nitrogens with one attached hydrogen (secondary N) is 3. The summed E-state index contributed by atoms with van der Waals surface area (Å²) < 4.78 is 5.00. The van der Waals surface area contributed by atoms with Crippen LogP contribution in [-0.2, 0) is 9.53 Å². The number of esters is 1. The summed E-state index contributed by atoms with van der Waals surface area (Å²) in [7, 11) is 1.36. The van der Waals surface area contributed by atoms with Crippen LogP contribution in [0.1, 0.15) is 45.2 Å². The van der Waals surface area contributed by atoms with Crippen LogP contribution in [0.3, 0.4) is 0 Å². The van der Waals surface area contributed by atoms with E-state index in [1.807, 2.05) is 36.9 Å². The summed E-state index contributed by atoms with van der Waals surface area (Å²) >= 11 is 5.47. The summed E-state index contributed by atoms with van der Waals surface area (Å²) in [5.41, 5.74) is 2.71. The van der Waals surface area contributed by atoms with E-state index in [1.54, 1.807) is 6.07 Å². The molecule has 0 spiro atoms. The van der Waals surface area contributed by atoms with Gasteiger partial charge in [-0.25, -0.2) is 9.59 Å². The number of ether oxygens (including phenoxy) is 1. The van der Waals surface area contributed by atoms with E-state index < -0.39 is 12.0 Å². The molecule has 0 saturated heterocycles. The highest BCUT2D eigenvalue weighted by atomic mass is 32.1. The van der Waals surface area contributed by atoms with E-state index >= 15 is 0 Å². The molecule has 2 amide bonds. The molecule has 1 aliphatic rings. The summed E-state index contributed by atoms with van der Waals surface area (Å²) in [6.45, 7) is 7.17. The van der Waals surface area contributed by atoms with Crippen molar-refractivity contribution in [3.8, 4) is 0 Å². The van der Waals surface area contributed by atoms with Crippen molar-refractivity contribution in [1.29, 1.82) is 0 Å². The van der Waals surface area contributed by atoms with E-state index in [-0.39, 0.29) is 6.03 Å². The highest BCUT2D eigenvalue weighted by Gasteiger charge is 2.34. The molecule has 0 aliphatic carbocycles. The standard InChI is InChI=1S/C20H28N4O3S/c1-5-7-11-21-19(26)22-15-10-8-9-14(12-15)17-16(18(25)27-4)13(3)24(6-2)20(28)23-17/h8-10,12,17H,5-7,11H2,1-4H3,(H,23,28)(H2,21,22,26). The molecule has 1 unspecified atom stereocenters. The molecule has 3 N–H and O–H groups in total. The second-order valence-corrected chi connectivity index (χ2v) is 6.86. The summed E-state index contributed by atoms with van der Waals surface area (Å²) in [6.07, 6.45) is 1.94. The van der Waals surface area contributed by atoms with Gasteiger partial charge in [0.05, 0.1) is 18.7 Å². The van der Waals surface area contributed by atoms with Gasteiger partial charge >= 0.3 is 12.0 Å². The molecule has 152 valence electrons. The number of nitrogens with zero attached hydrogens (tertiary/aromatic N) is 1. The molecule has 1 aromatic rings. The molecule has 0 aromatic heterocycles. The Balaban J connectivity index is 2.30. The average molecular weight is 405 g/mol. The smallest absolute Gasteiger partial charge is 0.337 e. The topological polar surface area (TPSA) is 82.7 Å². The molecule has 7 nitrogen and oxygen atoms in total. The van der Waals surface area contributed by atoms with Crippen molar-refractivity contribution in [2.24, 2.45) is 0 Å². The predicted molar refractivity (Wildman–Crippen MR) is 114 cm³/mol. The van der Waals surface area contributed by atoms with Crippen molar-refractivity contribution < 1.29 is 14.3 Å². The lowest BCUT2D eigenvalue weighted by atomic mass is 9.94. The minimum absolute atomic E-state index is 0.255. The van der Waals surface area contributed by atoms with Gasteiger partial charge < -0.3 is 25.6 Å². The lowest BCUT2D eigenvalue weighted by Crippen LogP contribution is -2.47. The van der Waals surface area contributed by atoms with Crippen LogP contribution in [0.25, 0.3) is 0 Å². The van der Waals surface area contributed by atoms with Gasteiger partial charge in [-0.2, -0.15) is 0 Å². The highest BCUT2D eigenvalue weighted by Crippen LogP contribution is 2.32. The van der Waals surface area contributed by atoms with Gasteiger partial charge in [0.15, 0.2) is 5.11 Å². The fraction of sp³-hybridized carbons (Fsp3) is 0.450. The van der Waals surface area contributed by atoms with Crippen LogP contribution < -0.4 is 16.0 Å². The molecule has 1 atom stereocenters. The van der Waals surface area contributed by atoms with Gasteiger partial charge in [0.1, 0.15) is 0 Å². The van der Waals surface area contributed by atoms with E-state index in [0.29, 0.717) is 29.5 Å². The molecule has 8 heteroatoms. The Hall–Kier alpha value is -2.61. The van der Waals surface area contributed by atoms with Crippen molar-refractivity contribution in [2.45, 2.75) is 39.7 Å². The van der Waals surface area contributed by atoms with Crippen LogP contribution in [0.15, 0.2) is 35.5 Å². The Labute approximate surface area is 171 Å². The number of methoxy groups -OCH3 is 1. The monoisotopic (exact) mass is 404 g/mol. The Kier molecular flexibility index (Phi) is 7.80. The fourth-order valence-electron chi connectivity index (χ4n) is 3.14. The molecule has 0 saturated carbocycles. The normalized spacial score (nSPS) is 16.5. The average Bonchev–Trinajstić information content (AvgIpc) is 2.67. The second-order valence-electron chi connectivity index (χ2n) is 6.48. The number of allylic oxidation sites excluding steroid dienone is 1. The first kappa shape index (κ1) is 21.7. The summed E-state index contributed by atoms with van der Waals surface area (Å²) in [5.74, 6) is -0.411. The van der Waals surface area contributed by atoms with Crippen LogP contribution in [0.4, 0.5) is 10.5 Å². The van der Waals surface area contributed by atoms with Gasteiger partial charge in [0.2, 0.25) is 0 Å². The first-order valence-corrected chi connectivity index (χ1v) is 9.85. The third kappa shape index (κ3) is 5.01. The van der Waals surface area contributed by atoms with Crippen molar-refractivity contribution in [1.82, 2.24) is 15.5 Å². The lowest BCUT2D eigenvalue weighted by Gasteiger charge is -2.37. The zero-order valence-electron chi connectivity index (χ0n) is 16.8. The molecular formula is C20H28N4O3S. The third-order valence-corrected chi connectivity index (χ3v) is 4.95. The maximum absolute atomic E-state index is 12.5. The highest BCUT2D eigenvalue weighted by molar-refractivity contribution is 7.80. The number of thiocarbonyl (C=S) groups is 1. The van der Waals surface area contributed by atoms with Crippen molar-refractivity contribution >= 4 is 35.0 Å². The Bertz CT molecular complexity index is 778. The molecule has 0 fully saturated rings. The number of unbranched alkanes of at least 4 members (excludes halogenated alkanes) is 1. The van der Waals surface area contributed by atoms with Crippen LogP contribution in [0, 0.1) is 0 Å². The second kappa shape index (κ2) is 10.1. The number of hydrogen-bond acceptors (Lipinski definition) is 4. The van der Waals surface area contributed by atoms with Gasteiger partial charge in [-0.1, -0.05) is 25.5 Å². The largest absolute Gasteiger partial charge is 0.466 e.